The van der Waals surface area contributed by atoms with Gasteiger partial charge in [-0.25, -0.2) is 0 Å². The van der Waals surface area contributed by atoms with E-state index in [1.165, 1.54) is 12.0 Å². The van der Waals surface area contributed by atoms with Gasteiger partial charge >= 0.3 is 5.97 Å². The maximum Gasteiger partial charge on any atom is 0.306 e. The quantitative estimate of drug-likeness (QED) is 0.251. The molecule has 1 aromatic carbocycles. The molecule has 3 rings (SSSR count). The van der Waals surface area contributed by atoms with Crippen LogP contribution in [0.2, 0.25) is 0 Å². The second-order valence-corrected chi connectivity index (χ2v) is 10.3. The van der Waals surface area contributed by atoms with Gasteiger partial charge < -0.3 is 24.1 Å². The van der Waals surface area contributed by atoms with Gasteiger partial charge in [-0.1, -0.05) is 32.1 Å². The first-order valence-electron chi connectivity index (χ1n) is 12.3. The minimum atomic E-state index is -0.251. The lowest BCUT2D eigenvalue weighted by atomic mass is 10.0. The second-order valence-electron chi connectivity index (χ2n) is 8.68. The Balaban J connectivity index is 0.000000300. The third-order valence-corrected chi connectivity index (χ3v) is 6.24. The van der Waals surface area contributed by atoms with Crippen LogP contribution in [0.15, 0.2) is 36.9 Å². The molecule has 6 unspecified atom stereocenters. The number of hydrogen-bond donors (Lipinski definition) is 1. The van der Waals surface area contributed by atoms with Gasteiger partial charge in [-0.05, 0) is 69.9 Å². The Labute approximate surface area is 210 Å². The summed E-state index contributed by atoms with van der Waals surface area (Å²) >= 11 is 1.54. The van der Waals surface area contributed by atoms with Crippen molar-refractivity contribution in [2.24, 2.45) is 11.8 Å². The number of rotatable bonds is 10. The number of aryl methyl sites for hydroxylation is 1. The van der Waals surface area contributed by atoms with Crippen LogP contribution in [-0.4, -0.2) is 54.0 Å². The molecule has 1 aliphatic heterocycles. The van der Waals surface area contributed by atoms with E-state index in [9.17, 15) is 4.79 Å². The van der Waals surface area contributed by atoms with Gasteiger partial charge in [0.2, 0.25) is 0 Å². The molecule has 1 saturated heterocycles. The molecule has 0 aromatic heterocycles. The van der Waals surface area contributed by atoms with E-state index < -0.39 is 0 Å². The Morgan fingerprint density at radius 1 is 1.29 bits per heavy atom. The molecule has 7 heteroatoms. The Hall–Kier alpha value is -1.54. The third-order valence-electron chi connectivity index (χ3n) is 5.42. The number of thioether (sulfide) groups is 1. The topological polar surface area (TPSA) is 74.2 Å². The van der Waals surface area contributed by atoms with Gasteiger partial charge in [-0.3, -0.25) is 4.79 Å². The first kappa shape index (κ1) is 30.5. The third kappa shape index (κ3) is 12.8. The molecule has 1 aliphatic carbocycles. The Bertz CT molecular complexity index is 694. The van der Waals surface area contributed by atoms with Crippen molar-refractivity contribution in [1.82, 2.24) is 0 Å². The molecule has 1 N–H and O–H groups in total. The van der Waals surface area contributed by atoms with Gasteiger partial charge in [-0.15, -0.1) is 18.3 Å². The molecule has 2 fully saturated rings. The molecule has 1 heterocycles. The summed E-state index contributed by atoms with van der Waals surface area (Å²) in [6, 6.07) is 7.92. The van der Waals surface area contributed by atoms with Crippen LogP contribution in [0.25, 0.3) is 0 Å². The maximum atomic E-state index is 10.7. The van der Waals surface area contributed by atoms with E-state index >= 15 is 0 Å². The van der Waals surface area contributed by atoms with Crippen LogP contribution in [0.3, 0.4) is 0 Å². The lowest BCUT2D eigenvalue weighted by molar-refractivity contribution is -0.151. The molecule has 194 valence electrons. The minimum Gasteiger partial charge on any atom is -0.491 e. The number of fused-ring (bicyclic) bond motifs is 1. The van der Waals surface area contributed by atoms with Gasteiger partial charge in [0.25, 0.3) is 0 Å². The fourth-order valence-corrected chi connectivity index (χ4v) is 4.43. The fraction of sp³-hybridized carbons (Fsp3) is 0.667. The van der Waals surface area contributed by atoms with Crippen LogP contribution < -0.4 is 4.74 Å². The van der Waals surface area contributed by atoms with Crippen molar-refractivity contribution in [3.63, 3.8) is 0 Å². The van der Waals surface area contributed by atoms with E-state index in [4.69, 9.17) is 24.1 Å². The number of benzene rings is 1. The molecule has 6 atom stereocenters. The molecule has 34 heavy (non-hydrogen) atoms. The summed E-state index contributed by atoms with van der Waals surface area (Å²) in [7, 11) is 0. The van der Waals surface area contributed by atoms with Crippen LogP contribution in [0, 0.1) is 18.8 Å². The van der Waals surface area contributed by atoms with E-state index in [1.54, 1.807) is 24.8 Å². The van der Waals surface area contributed by atoms with Crippen LogP contribution in [-0.2, 0) is 19.0 Å². The van der Waals surface area contributed by atoms with E-state index in [1.807, 2.05) is 52.0 Å². The van der Waals surface area contributed by atoms with Gasteiger partial charge in [0.15, 0.2) is 6.29 Å². The van der Waals surface area contributed by atoms with Crippen molar-refractivity contribution in [3.8, 4) is 5.75 Å². The molecule has 0 bridgehead atoms. The van der Waals surface area contributed by atoms with Gasteiger partial charge in [0, 0.05) is 12.5 Å². The monoisotopic (exact) mass is 496 g/mol. The van der Waals surface area contributed by atoms with Gasteiger partial charge in [0.1, 0.15) is 24.6 Å². The highest BCUT2D eigenvalue weighted by Crippen LogP contribution is 2.39. The summed E-state index contributed by atoms with van der Waals surface area (Å²) in [4.78, 5) is 10.7. The molecule has 0 spiro atoms. The first-order valence-corrected chi connectivity index (χ1v) is 13.3. The minimum absolute atomic E-state index is 0.0156. The van der Waals surface area contributed by atoms with Crippen LogP contribution >= 0.6 is 11.8 Å². The summed E-state index contributed by atoms with van der Waals surface area (Å²) in [5, 5.41) is 8.52. The standard InChI is InChI=1S/C15H22O3.C8H12O2.C4H10OS/c1-5-14(18-13(4)16-6-2)11-17-15-9-7-8-12(3)10-15;1-5-2-6-4-8(9)10-7(6)3-5;1-3-6-4(2)5/h5,7-10,13-14H,1,6,11H2,2-4H3;5-7H,2-4H2,1H3;4-5H,3H2,1-2H3. The lowest BCUT2D eigenvalue weighted by Gasteiger charge is -2.20. The Morgan fingerprint density at radius 3 is 2.56 bits per heavy atom. The largest absolute Gasteiger partial charge is 0.491 e. The van der Waals surface area contributed by atoms with E-state index in [0.29, 0.717) is 25.6 Å². The molecule has 2 aliphatic rings. The smallest absolute Gasteiger partial charge is 0.306 e. The number of aliphatic hydroxyl groups excluding tert-OH is 1. The highest BCUT2D eigenvalue weighted by Gasteiger charge is 2.41. The molecule has 0 radical (unpaired) electrons. The molecule has 0 amide bonds. The summed E-state index contributed by atoms with van der Waals surface area (Å²) < 4.78 is 21.7. The normalized spacial score (nSPS) is 23.3. The number of hydrogen-bond acceptors (Lipinski definition) is 7. The summed E-state index contributed by atoms with van der Waals surface area (Å²) in [6.45, 7) is 16.7. The average molecular weight is 497 g/mol. The molecule has 1 aromatic rings. The zero-order valence-electron chi connectivity index (χ0n) is 21.7. The van der Waals surface area contributed by atoms with Crippen molar-refractivity contribution >= 4 is 17.7 Å². The SMILES string of the molecule is C=CC(COc1cccc(C)c1)OC(C)OCC.CC1CC2CC(=O)OC2C1.CCSC(C)O. The predicted molar refractivity (Wildman–Crippen MR) is 139 cm³/mol. The predicted octanol–water partition coefficient (Wildman–Crippen LogP) is 5.75. The maximum absolute atomic E-state index is 10.7. The van der Waals surface area contributed by atoms with Crippen molar-refractivity contribution in [2.75, 3.05) is 19.0 Å². The average Bonchev–Trinajstić information content (AvgIpc) is 3.27. The van der Waals surface area contributed by atoms with Gasteiger partial charge in [-0.2, -0.15) is 0 Å². The molecule has 1 saturated carbocycles. The Morgan fingerprint density at radius 2 is 2.03 bits per heavy atom. The van der Waals surface area contributed by atoms with Crippen LogP contribution in [0.1, 0.15) is 59.4 Å². The second kappa shape index (κ2) is 17.0. The molecular formula is C27H44O6S. The lowest BCUT2D eigenvalue weighted by Crippen LogP contribution is -2.26. The van der Waals surface area contributed by atoms with Crippen molar-refractivity contribution < 1.29 is 28.8 Å². The van der Waals surface area contributed by atoms with E-state index in [0.717, 1.165) is 23.8 Å². The van der Waals surface area contributed by atoms with E-state index in [-0.39, 0.29) is 29.9 Å². The summed E-state index contributed by atoms with van der Waals surface area (Å²) in [5.41, 5.74) is 0.987. The summed E-state index contributed by atoms with van der Waals surface area (Å²) in [5.74, 6) is 3.18. The fourth-order valence-electron chi connectivity index (χ4n) is 3.95. The number of carbonyl (C=O) groups excluding carboxylic acids is 1. The zero-order valence-corrected chi connectivity index (χ0v) is 22.5. The number of carbonyl (C=O) groups is 1. The van der Waals surface area contributed by atoms with Crippen molar-refractivity contribution in [3.05, 3.63) is 42.5 Å². The van der Waals surface area contributed by atoms with Crippen molar-refractivity contribution in [2.45, 2.75) is 84.7 Å². The highest BCUT2D eigenvalue weighted by molar-refractivity contribution is 7.99. The number of ether oxygens (including phenoxy) is 4. The number of aliphatic hydroxyl groups is 1. The molecular weight excluding hydrogens is 452 g/mol. The number of esters is 1. The van der Waals surface area contributed by atoms with E-state index in [2.05, 4.69) is 13.5 Å². The summed E-state index contributed by atoms with van der Waals surface area (Å²) in [6.07, 6.45) is 4.54. The van der Waals surface area contributed by atoms with Crippen LogP contribution in [0.5, 0.6) is 5.75 Å². The van der Waals surface area contributed by atoms with Gasteiger partial charge in [0.05, 0.1) is 11.9 Å². The van der Waals surface area contributed by atoms with Crippen LogP contribution in [0.4, 0.5) is 0 Å². The zero-order chi connectivity index (χ0) is 25.5. The Kier molecular flexibility index (Phi) is 15.2. The highest BCUT2D eigenvalue weighted by atomic mass is 32.2. The van der Waals surface area contributed by atoms with Crippen molar-refractivity contribution in [1.29, 1.82) is 0 Å². The molecule has 6 nitrogen and oxygen atoms in total. The first-order chi connectivity index (χ1) is 16.2.